The zero-order chi connectivity index (χ0) is 16.4. The van der Waals surface area contributed by atoms with Crippen molar-refractivity contribution in [3.05, 3.63) is 0 Å². The molecule has 0 spiro atoms. The van der Waals surface area contributed by atoms with Crippen LogP contribution in [0.2, 0.25) is 0 Å². The first-order valence-corrected chi connectivity index (χ1v) is 7.41. The number of carbonyl (C=O) groups excluding carboxylic acids is 1. The van der Waals surface area contributed by atoms with E-state index in [2.05, 4.69) is 10.6 Å². The predicted molar refractivity (Wildman–Crippen MR) is 80.1 cm³/mol. The largest absolute Gasteiger partial charge is 0.480 e. The van der Waals surface area contributed by atoms with Crippen LogP contribution >= 0.6 is 0 Å². The van der Waals surface area contributed by atoms with Crippen molar-refractivity contribution in [2.45, 2.75) is 66.2 Å². The van der Waals surface area contributed by atoms with Gasteiger partial charge in [-0.05, 0) is 18.8 Å². The van der Waals surface area contributed by atoms with Crippen molar-refractivity contribution >= 4 is 12.0 Å². The molecule has 1 saturated carbocycles. The molecular formula is C15H28N2O4. The van der Waals surface area contributed by atoms with Crippen molar-refractivity contribution in [1.82, 2.24) is 10.6 Å². The molecule has 0 aromatic carbocycles. The summed E-state index contributed by atoms with van der Waals surface area (Å²) in [6.45, 7) is 12.0. The summed E-state index contributed by atoms with van der Waals surface area (Å²) in [5.41, 5.74) is -0.694. The Morgan fingerprint density at radius 2 is 1.95 bits per heavy atom. The Balaban J connectivity index is 2.57. The molecular weight excluding hydrogens is 272 g/mol. The Bertz CT molecular complexity index is 401. The highest BCUT2D eigenvalue weighted by Crippen LogP contribution is 2.42. The fourth-order valence-electron chi connectivity index (χ4n) is 2.59. The van der Waals surface area contributed by atoms with Crippen LogP contribution in [0, 0.1) is 10.8 Å². The van der Waals surface area contributed by atoms with Crippen molar-refractivity contribution in [1.29, 1.82) is 0 Å². The maximum absolute atomic E-state index is 12.0. The number of nitrogens with one attached hydrogen (secondary N) is 2. The summed E-state index contributed by atoms with van der Waals surface area (Å²) in [6, 6.07) is -1.38. The van der Waals surface area contributed by atoms with E-state index in [1.807, 2.05) is 20.8 Å². The highest BCUT2D eigenvalue weighted by molar-refractivity contribution is 5.83. The van der Waals surface area contributed by atoms with Gasteiger partial charge in [0.1, 0.15) is 6.04 Å². The second kappa shape index (κ2) is 6.22. The number of urea groups is 1. The topological polar surface area (TPSA) is 87.7 Å². The van der Waals surface area contributed by atoms with Crippen LogP contribution < -0.4 is 10.6 Å². The van der Waals surface area contributed by atoms with Crippen LogP contribution in [0.1, 0.15) is 48.0 Å². The molecule has 0 radical (unpaired) electrons. The summed E-state index contributed by atoms with van der Waals surface area (Å²) in [5.74, 6) is -1.03. The lowest BCUT2D eigenvalue weighted by atomic mass is 9.64. The Labute approximate surface area is 126 Å². The van der Waals surface area contributed by atoms with Gasteiger partial charge in [0, 0.05) is 18.1 Å². The Morgan fingerprint density at radius 3 is 2.33 bits per heavy atom. The number of hydrogen-bond donors (Lipinski definition) is 3. The Hall–Kier alpha value is -1.30. The van der Waals surface area contributed by atoms with Crippen molar-refractivity contribution in [2.24, 2.45) is 10.8 Å². The average Bonchev–Trinajstić information content (AvgIpc) is 2.33. The lowest BCUT2D eigenvalue weighted by molar-refractivity contribution is -0.142. The highest BCUT2D eigenvalue weighted by Gasteiger charge is 2.49. The summed E-state index contributed by atoms with van der Waals surface area (Å²) in [7, 11) is 0. The molecule has 0 heterocycles. The maximum atomic E-state index is 12.0. The number of hydrogen-bond acceptors (Lipinski definition) is 3. The zero-order valence-corrected chi connectivity index (χ0v) is 13.8. The van der Waals surface area contributed by atoms with E-state index in [9.17, 15) is 14.7 Å². The molecule has 0 saturated heterocycles. The summed E-state index contributed by atoms with van der Waals surface area (Å²) < 4.78 is 5.61. The third-order valence-electron chi connectivity index (χ3n) is 4.24. The van der Waals surface area contributed by atoms with Gasteiger partial charge in [0.25, 0.3) is 0 Å². The van der Waals surface area contributed by atoms with Gasteiger partial charge in [0.05, 0.1) is 6.10 Å². The molecule has 1 aliphatic carbocycles. The van der Waals surface area contributed by atoms with Crippen molar-refractivity contribution in [2.75, 3.05) is 6.61 Å². The zero-order valence-electron chi connectivity index (χ0n) is 13.8. The molecule has 3 atom stereocenters. The van der Waals surface area contributed by atoms with Crippen LogP contribution in [0.4, 0.5) is 4.79 Å². The number of amides is 2. The fraction of sp³-hybridized carbons (Fsp3) is 0.867. The van der Waals surface area contributed by atoms with Crippen LogP contribution in [0.5, 0.6) is 0 Å². The second-order valence-electron chi connectivity index (χ2n) is 7.31. The summed E-state index contributed by atoms with van der Waals surface area (Å²) >= 11 is 0. The van der Waals surface area contributed by atoms with E-state index in [1.54, 1.807) is 20.8 Å². The van der Waals surface area contributed by atoms with E-state index >= 15 is 0 Å². The van der Waals surface area contributed by atoms with Crippen LogP contribution in [-0.2, 0) is 9.53 Å². The molecule has 6 heteroatoms. The second-order valence-corrected chi connectivity index (χ2v) is 7.31. The monoisotopic (exact) mass is 300 g/mol. The van der Waals surface area contributed by atoms with Gasteiger partial charge >= 0.3 is 12.0 Å². The summed E-state index contributed by atoms with van der Waals surface area (Å²) in [6.07, 6.45) is 0.882. The molecule has 21 heavy (non-hydrogen) atoms. The van der Waals surface area contributed by atoms with E-state index in [0.29, 0.717) is 6.61 Å². The third kappa shape index (κ3) is 4.09. The van der Waals surface area contributed by atoms with Crippen molar-refractivity contribution in [3.8, 4) is 0 Å². The predicted octanol–water partition coefficient (Wildman–Crippen LogP) is 1.99. The van der Waals surface area contributed by atoms with Gasteiger partial charge in [0.15, 0.2) is 0 Å². The fourth-order valence-corrected chi connectivity index (χ4v) is 2.59. The molecule has 0 bridgehead atoms. The van der Waals surface area contributed by atoms with Gasteiger partial charge in [0.2, 0.25) is 0 Å². The average molecular weight is 300 g/mol. The number of carboxylic acids is 1. The van der Waals surface area contributed by atoms with Gasteiger partial charge in [-0.2, -0.15) is 0 Å². The molecule has 2 amide bonds. The van der Waals surface area contributed by atoms with Crippen LogP contribution in [-0.4, -0.2) is 41.9 Å². The standard InChI is InChI=1S/C15H28N2O4/c1-7-21-10-8-9(15(10,5)6)16-13(20)17-11(12(18)19)14(2,3)4/h9-11H,7-8H2,1-6H3,(H,18,19)(H2,16,17,20)/t9?,10?,11-/m0/s1. The van der Waals surface area contributed by atoms with Gasteiger partial charge in [-0.1, -0.05) is 34.6 Å². The molecule has 6 nitrogen and oxygen atoms in total. The molecule has 122 valence electrons. The van der Waals surface area contributed by atoms with Gasteiger partial charge in [-0.3, -0.25) is 0 Å². The highest BCUT2D eigenvalue weighted by atomic mass is 16.5. The lowest BCUT2D eigenvalue weighted by Gasteiger charge is -2.51. The molecule has 1 aliphatic rings. The number of carboxylic acid groups (broad SMARTS) is 1. The molecule has 0 aromatic rings. The number of rotatable bonds is 5. The minimum Gasteiger partial charge on any atom is -0.480 e. The first kappa shape index (κ1) is 17.8. The van der Waals surface area contributed by atoms with E-state index in [-0.39, 0.29) is 17.6 Å². The summed E-state index contributed by atoms with van der Waals surface area (Å²) in [5, 5.41) is 14.6. The van der Waals surface area contributed by atoms with Crippen molar-refractivity contribution in [3.63, 3.8) is 0 Å². The molecule has 0 aromatic heterocycles. The van der Waals surface area contributed by atoms with Gasteiger partial charge in [-0.25, -0.2) is 9.59 Å². The molecule has 0 aliphatic heterocycles. The minimum absolute atomic E-state index is 0.0107. The van der Waals surface area contributed by atoms with Crippen LogP contribution in [0.3, 0.4) is 0 Å². The van der Waals surface area contributed by atoms with E-state index in [1.165, 1.54) is 0 Å². The third-order valence-corrected chi connectivity index (χ3v) is 4.24. The quantitative estimate of drug-likeness (QED) is 0.724. The van der Waals surface area contributed by atoms with Crippen LogP contribution in [0.25, 0.3) is 0 Å². The van der Waals surface area contributed by atoms with Gasteiger partial charge in [-0.15, -0.1) is 0 Å². The Morgan fingerprint density at radius 1 is 1.38 bits per heavy atom. The van der Waals surface area contributed by atoms with E-state index in [0.717, 1.165) is 6.42 Å². The summed E-state index contributed by atoms with van der Waals surface area (Å²) in [4.78, 5) is 23.3. The smallest absolute Gasteiger partial charge is 0.326 e. The molecule has 1 rings (SSSR count). The minimum atomic E-state index is -1.03. The van der Waals surface area contributed by atoms with Crippen LogP contribution in [0.15, 0.2) is 0 Å². The molecule has 3 N–H and O–H groups in total. The van der Waals surface area contributed by atoms with E-state index in [4.69, 9.17) is 4.74 Å². The first-order chi connectivity index (χ1) is 9.50. The van der Waals surface area contributed by atoms with Gasteiger partial charge < -0.3 is 20.5 Å². The van der Waals surface area contributed by atoms with Crippen molar-refractivity contribution < 1.29 is 19.4 Å². The number of carbonyl (C=O) groups is 2. The number of aliphatic carboxylic acids is 1. The maximum Gasteiger partial charge on any atom is 0.326 e. The number of ether oxygens (including phenoxy) is 1. The SMILES string of the molecule is CCOC1CC(NC(=O)N[C@@H](C(=O)O)C(C)(C)C)C1(C)C. The normalized spacial score (nSPS) is 25.6. The lowest BCUT2D eigenvalue weighted by Crippen LogP contribution is -2.64. The first-order valence-electron chi connectivity index (χ1n) is 7.41. The molecule has 1 fully saturated rings. The molecule has 2 unspecified atom stereocenters. The Kier molecular flexibility index (Phi) is 5.25. The van der Waals surface area contributed by atoms with E-state index < -0.39 is 23.5 Å².